The van der Waals surface area contributed by atoms with E-state index >= 15 is 0 Å². The molecule has 0 spiro atoms. The number of nitrogens with zero attached hydrogens (tertiary/aromatic N) is 3. The molecule has 5 nitrogen and oxygen atoms in total. The largest absolute Gasteiger partial charge is 0.496 e. The zero-order chi connectivity index (χ0) is 15.6. The average molecular weight is 304 g/mol. The van der Waals surface area contributed by atoms with Gasteiger partial charge >= 0.3 is 0 Å². The van der Waals surface area contributed by atoms with Gasteiger partial charge in [0.2, 0.25) is 5.95 Å². The normalized spacial score (nSPS) is 16.2. The summed E-state index contributed by atoms with van der Waals surface area (Å²) in [5, 5.41) is 7.70. The first-order valence-corrected chi connectivity index (χ1v) is 7.43. The molecule has 0 bridgehead atoms. The fourth-order valence-corrected chi connectivity index (χ4v) is 2.85. The zero-order valence-corrected chi connectivity index (χ0v) is 12.7. The molecular formula is C18H16N4O. The number of nitrogens with one attached hydrogen (secondary N) is 1. The fourth-order valence-electron chi connectivity index (χ4n) is 2.85. The van der Waals surface area contributed by atoms with Crippen LogP contribution in [0.15, 0.2) is 67.0 Å². The minimum absolute atomic E-state index is 0.0693. The Morgan fingerprint density at radius 2 is 1.83 bits per heavy atom. The van der Waals surface area contributed by atoms with Crippen LogP contribution < -0.4 is 10.1 Å². The summed E-state index contributed by atoms with van der Waals surface area (Å²) in [5.74, 6) is 1.56. The first-order valence-electron chi connectivity index (χ1n) is 7.43. The molecule has 23 heavy (non-hydrogen) atoms. The number of hydrogen-bond acceptors (Lipinski definition) is 4. The lowest BCUT2D eigenvalue weighted by molar-refractivity contribution is 0.404. The van der Waals surface area contributed by atoms with Crippen molar-refractivity contribution in [3.05, 3.63) is 78.1 Å². The smallest absolute Gasteiger partial charge is 0.226 e. The number of rotatable bonds is 3. The molecule has 1 aromatic heterocycles. The first kappa shape index (κ1) is 13.6. The molecule has 0 radical (unpaired) electrons. The molecule has 0 saturated heterocycles. The van der Waals surface area contributed by atoms with E-state index in [0.29, 0.717) is 0 Å². The van der Waals surface area contributed by atoms with E-state index in [-0.39, 0.29) is 6.04 Å². The molecule has 4 rings (SSSR count). The average Bonchev–Trinajstić information content (AvgIpc) is 3.10. The maximum Gasteiger partial charge on any atom is 0.226 e. The van der Waals surface area contributed by atoms with Crippen LogP contribution in [0.25, 0.3) is 5.70 Å². The number of anilines is 1. The Bertz CT molecular complexity index is 854. The summed E-state index contributed by atoms with van der Waals surface area (Å²) in [5.41, 5.74) is 3.18. The van der Waals surface area contributed by atoms with Crippen LogP contribution in [0.4, 0.5) is 5.95 Å². The number of hydrogen-bond donors (Lipinski definition) is 1. The first-order chi connectivity index (χ1) is 11.4. The number of para-hydroxylation sites is 1. The van der Waals surface area contributed by atoms with E-state index in [4.69, 9.17) is 4.74 Å². The van der Waals surface area contributed by atoms with Crippen LogP contribution in [0.2, 0.25) is 0 Å². The van der Waals surface area contributed by atoms with Crippen LogP contribution in [-0.4, -0.2) is 21.9 Å². The van der Waals surface area contributed by atoms with E-state index in [1.54, 1.807) is 13.4 Å². The molecule has 0 saturated carbocycles. The fraction of sp³-hybridized carbons (Fsp3) is 0.111. The minimum Gasteiger partial charge on any atom is -0.496 e. The van der Waals surface area contributed by atoms with Gasteiger partial charge < -0.3 is 10.1 Å². The molecule has 1 aliphatic heterocycles. The van der Waals surface area contributed by atoms with E-state index in [2.05, 4.69) is 39.7 Å². The molecule has 3 aromatic rings. The number of ether oxygens (including phenoxy) is 1. The highest BCUT2D eigenvalue weighted by molar-refractivity contribution is 5.77. The summed E-state index contributed by atoms with van der Waals surface area (Å²) in [6.07, 6.45) is 3.71. The Morgan fingerprint density at radius 3 is 2.65 bits per heavy atom. The van der Waals surface area contributed by atoms with Crippen LogP contribution in [0.3, 0.4) is 0 Å². The van der Waals surface area contributed by atoms with Crippen LogP contribution in [0.5, 0.6) is 5.75 Å². The van der Waals surface area contributed by atoms with Crippen molar-refractivity contribution in [1.29, 1.82) is 0 Å². The van der Waals surface area contributed by atoms with Crippen LogP contribution in [-0.2, 0) is 0 Å². The van der Waals surface area contributed by atoms with Gasteiger partial charge in [-0.25, -0.2) is 4.68 Å². The number of aromatic nitrogens is 3. The van der Waals surface area contributed by atoms with Crippen LogP contribution >= 0.6 is 0 Å². The lowest BCUT2D eigenvalue weighted by Crippen LogP contribution is -2.20. The van der Waals surface area contributed by atoms with Gasteiger partial charge in [0.05, 0.1) is 7.11 Å². The topological polar surface area (TPSA) is 52.0 Å². The summed E-state index contributed by atoms with van der Waals surface area (Å²) in [4.78, 5) is 4.32. The van der Waals surface area contributed by atoms with Crippen molar-refractivity contribution >= 4 is 11.6 Å². The van der Waals surface area contributed by atoms with Gasteiger partial charge in [0.1, 0.15) is 18.1 Å². The summed E-state index contributed by atoms with van der Waals surface area (Å²) in [6, 6.07) is 18.1. The molecule has 0 fully saturated rings. The van der Waals surface area contributed by atoms with Gasteiger partial charge in [0.25, 0.3) is 0 Å². The maximum absolute atomic E-state index is 5.52. The Hall–Kier alpha value is -3.08. The van der Waals surface area contributed by atoms with Gasteiger partial charge in [-0.15, -0.1) is 0 Å². The monoisotopic (exact) mass is 304 g/mol. The van der Waals surface area contributed by atoms with Crippen molar-refractivity contribution in [3.63, 3.8) is 0 Å². The van der Waals surface area contributed by atoms with Gasteiger partial charge in [0.15, 0.2) is 0 Å². The summed E-state index contributed by atoms with van der Waals surface area (Å²) < 4.78 is 7.39. The molecule has 2 heterocycles. The highest BCUT2D eigenvalue weighted by Crippen LogP contribution is 2.35. The number of benzene rings is 2. The van der Waals surface area contributed by atoms with E-state index in [0.717, 1.165) is 28.5 Å². The lowest BCUT2D eigenvalue weighted by Gasteiger charge is -2.25. The van der Waals surface area contributed by atoms with Crippen molar-refractivity contribution in [1.82, 2.24) is 14.8 Å². The van der Waals surface area contributed by atoms with E-state index in [1.165, 1.54) is 0 Å². The number of methoxy groups -OCH3 is 1. The van der Waals surface area contributed by atoms with Gasteiger partial charge in [-0.1, -0.05) is 48.5 Å². The molecule has 1 aliphatic rings. The van der Waals surface area contributed by atoms with Crippen molar-refractivity contribution in [2.45, 2.75) is 6.04 Å². The van der Waals surface area contributed by atoms with Crippen molar-refractivity contribution in [2.75, 3.05) is 12.4 Å². The third-order valence-electron chi connectivity index (χ3n) is 3.95. The predicted molar refractivity (Wildman–Crippen MR) is 89.2 cm³/mol. The Labute approximate surface area is 134 Å². The molecule has 2 aromatic carbocycles. The third kappa shape index (κ3) is 2.36. The van der Waals surface area contributed by atoms with Gasteiger partial charge in [-0.2, -0.15) is 10.1 Å². The Kier molecular flexibility index (Phi) is 3.31. The zero-order valence-electron chi connectivity index (χ0n) is 12.7. The van der Waals surface area contributed by atoms with E-state index in [9.17, 15) is 0 Å². The van der Waals surface area contributed by atoms with Gasteiger partial charge in [-0.3, -0.25) is 0 Å². The van der Waals surface area contributed by atoms with Crippen LogP contribution in [0.1, 0.15) is 17.2 Å². The molecular weight excluding hydrogens is 288 g/mol. The second-order valence-corrected chi connectivity index (χ2v) is 5.29. The molecule has 1 N–H and O–H groups in total. The molecule has 1 unspecified atom stereocenters. The molecule has 5 heteroatoms. The summed E-state index contributed by atoms with van der Waals surface area (Å²) in [6.45, 7) is 0. The van der Waals surface area contributed by atoms with Gasteiger partial charge in [-0.05, 0) is 17.7 Å². The van der Waals surface area contributed by atoms with E-state index in [1.807, 2.05) is 41.1 Å². The highest BCUT2D eigenvalue weighted by Gasteiger charge is 2.25. The van der Waals surface area contributed by atoms with Crippen molar-refractivity contribution in [3.8, 4) is 5.75 Å². The second-order valence-electron chi connectivity index (χ2n) is 5.29. The highest BCUT2D eigenvalue weighted by atomic mass is 16.5. The molecule has 1 atom stereocenters. The van der Waals surface area contributed by atoms with Crippen molar-refractivity contribution < 1.29 is 4.74 Å². The molecule has 114 valence electrons. The minimum atomic E-state index is -0.0693. The van der Waals surface area contributed by atoms with Crippen LogP contribution in [0, 0.1) is 0 Å². The van der Waals surface area contributed by atoms with E-state index < -0.39 is 0 Å². The number of allylic oxidation sites excluding steroid dienone is 1. The number of fused-ring (bicyclic) bond motifs is 1. The SMILES string of the molecule is COc1ccccc1C1C=C(c2ccccc2)Nc2ncnn21. The predicted octanol–water partition coefficient (Wildman–Crippen LogP) is 3.34. The Balaban J connectivity index is 1.85. The lowest BCUT2D eigenvalue weighted by atomic mass is 10.0. The van der Waals surface area contributed by atoms with Crippen molar-refractivity contribution in [2.24, 2.45) is 0 Å². The summed E-state index contributed by atoms with van der Waals surface area (Å²) in [7, 11) is 1.68. The third-order valence-corrected chi connectivity index (χ3v) is 3.95. The van der Waals surface area contributed by atoms with Gasteiger partial charge in [0, 0.05) is 11.3 Å². The quantitative estimate of drug-likeness (QED) is 0.806. The maximum atomic E-state index is 5.52. The molecule has 0 aliphatic carbocycles. The standard InChI is InChI=1S/C18H16N4O/c1-23-17-10-6-5-9-14(17)16-11-15(13-7-3-2-4-8-13)21-18-19-12-20-22(16)18/h2-12,16H,1H3,(H,19,20,21). The second kappa shape index (κ2) is 5.61. The summed E-state index contributed by atoms with van der Waals surface area (Å²) >= 11 is 0. The molecule has 0 amide bonds. The Morgan fingerprint density at radius 1 is 1.04 bits per heavy atom.